The molecule has 0 aliphatic carbocycles. The van der Waals surface area contributed by atoms with Crippen LogP contribution in [0.4, 0.5) is 11.4 Å². The molecular formula is C12H9ClIN3O. The third-order valence-corrected chi connectivity index (χ3v) is 3.11. The number of nitrogen functional groups attached to an aromatic ring is 1. The summed E-state index contributed by atoms with van der Waals surface area (Å²) < 4.78 is 1.03. The van der Waals surface area contributed by atoms with E-state index in [1.54, 1.807) is 6.07 Å². The number of nitrogens with two attached hydrogens (primary N) is 1. The number of amides is 1. The maximum Gasteiger partial charge on any atom is 0.257 e. The van der Waals surface area contributed by atoms with E-state index in [9.17, 15) is 4.79 Å². The average Bonchev–Trinajstić information content (AvgIpc) is 2.32. The third kappa shape index (κ3) is 3.11. The van der Waals surface area contributed by atoms with Crippen LogP contribution >= 0.6 is 34.2 Å². The first-order valence-corrected chi connectivity index (χ1v) is 6.50. The van der Waals surface area contributed by atoms with Gasteiger partial charge in [-0.3, -0.25) is 4.79 Å². The fraction of sp³-hybridized carbons (Fsp3) is 0. The van der Waals surface area contributed by atoms with Crippen LogP contribution in [-0.4, -0.2) is 10.9 Å². The van der Waals surface area contributed by atoms with Crippen molar-refractivity contribution >= 4 is 51.5 Å². The summed E-state index contributed by atoms with van der Waals surface area (Å²) in [5.41, 5.74) is 7.01. The third-order valence-electron chi connectivity index (χ3n) is 2.23. The van der Waals surface area contributed by atoms with Crippen LogP contribution in [0.5, 0.6) is 0 Å². The average molecular weight is 374 g/mol. The molecule has 6 heteroatoms. The minimum Gasteiger partial charge on any atom is -0.397 e. The zero-order valence-electron chi connectivity index (χ0n) is 9.15. The first-order valence-electron chi connectivity index (χ1n) is 5.04. The largest absolute Gasteiger partial charge is 0.397 e. The van der Waals surface area contributed by atoms with Gasteiger partial charge in [-0.1, -0.05) is 17.7 Å². The molecule has 0 unspecified atom stereocenters. The Morgan fingerprint density at radius 3 is 2.89 bits per heavy atom. The molecule has 0 aliphatic rings. The highest BCUT2D eigenvalue weighted by Crippen LogP contribution is 2.18. The molecule has 0 aliphatic heterocycles. The number of carbonyl (C=O) groups excluding carboxylic acids is 1. The number of benzene rings is 1. The quantitative estimate of drug-likeness (QED) is 0.627. The SMILES string of the molecule is Nc1cnc(Cl)cc1C(=O)Nc1cccc(I)c1. The van der Waals surface area contributed by atoms with Crippen molar-refractivity contribution in [3.05, 3.63) is 50.8 Å². The van der Waals surface area contributed by atoms with Crippen molar-refractivity contribution in [2.24, 2.45) is 0 Å². The molecule has 3 N–H and O–H groups in total. The van der Waals surface area contributed by atoms with Gasteiger partial charge in [0.05, 0.1) is 17.4 Å². The van der Waals surface area contributed by atoms with Gasteiger partial charge in [0.25, 0.3) is 5.91 Å². The van der Waals surface area contributed by atoms with Crippen LogP contribution in [-0.2, 0) is 0 Å². The number of pyridine rings is 1. The van der Waals surface area contributed by atoms with Crippen molar-refractivity contribution < 1.29 is 4.79 Å². The molecule has 0 atom stereocenters. The molecule has 0 bridgehead atoms. The van der Waals surface area contributed by atoms with E-state index in [1.807, 2.05) is 18.2 Å². The lowest BCUT2D eigenvalue weighted by atomic mass is 10.2. The minimum atomic E-state index is -0.307. The minimum absolute atomic E-state index is 0.233. The van der Waals surface area contributed by atoms with Crippen LogP contribution < -0.4 is 11.1 Å². The van der Waals surface area contributed by atoms with E-state index in [2.05, 4.69) is 32.9 Å². The Hall–Kier alpha value is -1.34. The Bertz CT molecular complexity index is 604. The zero-order chi connectivity index (χ0) is 13.1. The molecular weight excluding hydrogens is 365 g/mol. The van der Waals surface area contributed by atoms with Gasteiger partial charge in [-0.25, -0.2) is 4.98 Å². The van der Waals surface area contributed by atoms with Crippen molar-refractivity contribution in [3.8, 4) is 0 Å². The number of hydrogen-bond donors (Lipinski definition) is 2. The standard InChI is InChI=1S/C12H9ClIN3O/c13-11-5-9(10(15)6-16-11)12(18)17-8-3-1-2-7(14)4-8/h1-6H,15H2,(H,17,18). The Balaban J connectivity index is 2.24. The molecule has 1 amide bonds. The maximum absolute atomic E-state index is 12.0. The normalized spacial score (nSPS) is 10.1. The zero-order valence-corrected chi connectivity index (χ0v) is 12.1. The first kappa shape index (κ1) is 13.1. The van der Waals surface area contributed by atoms with Gasteiger partial charge >= 0.3 is 0 Å². The molecule has 2 aromatic rings. The molecule has 2 rings (SSSR count). The predicted molar refractivity (Wildman–Crippen MR) is 80.8 cm³/mol. The number of hydrogen-bond acceptors (Lipinski definition) is 3. The van der Waals surface area contributed by atoms with Crippen molar-refractivity contribution in [1.29, 1.82) is 0 Å². The van der Waals surface area contributed by atoms with E-state index in [4.69, 9.17) is 17.3 Å². The van der Waals surface area contributed by atoms with Gasteiger partial charge in [-0.2, -0.15) is 0 Å². The molecule has 4 nitrogen and oxygen atoms in total. The Morgan fingerprint density at radius 2 is 2.17 bits per heavy atom. The highest BCUT2D eigenvalue weighted by atomic mass is 127. The van der Waals surface area contributed by atoms with Crippen LogP contribution in [0.15, 0.2) is 36.5 Å². The van der Waals surface area contributed by atoms with Crippen molar-refractivity contribution in [2.45, 2.75) is 0 Å². The molecule has 18 heavy (non-hydrogen) atoms. The van der Waals surface area contributed by atoms with Crippen LogP contribution in [0.1, 0.15) is 10.4 Å². The molecule has 92 valence electrons. The summed E-state index contributed by atoms with van der Waals surface area (Å²) >= 11 is 7.91. The van der Waals surface area contributed by atoms with Crippen LogP contribution in [0, 0.1) is 3.57 Å². The summed E-state index contributed by atoms with van der Waals surface area (Å²) in [5.74, 6) is -0.307. The van der Waals surface area contributed by atoms with Gasteiger partial charge in [0, 0.05) is 9.26 Å². The number of nitrogens with zero attached hydrogens (tertiary/aromatic N) is 1. The fourth-order valence-electron chi connectivity index (χ4n) is 1.40. The number of carbonyl (C=O) groups is 1. The smallest absolute Gasteiger partial charge is 0.257 e. The monoisotopic (exact) mass is 373 g/mol. The van der Waals surface area contributed by atoms with E-state index in [-0.39, 0.29) is 11.1 Å². The predicted octanol–water partition coefficient (Wildman–Crippen LogP) is 3.17. The van der Waals surface area contributed by atoms with Crippen LogP contribution in [0.2, 0.25) is 5.15 Å². The summed E-state index contributed by atoms with van der Waals surface area (Å²) in [7, 11) is 0. The molecule has 0 spiro atoms. The van der Waals surface area contributed by atoms with E-state index in [1.165, 1.54) is 12.3 Å². The lowest BCUT2D eigenvalue weighted by Gasteiger charge is -2.07. The van der Waals surface area contributed by atoms with Crippen LogP contribution in [0.3, 0.4) is 0 Å². The molecule has 1 aromatic heterocycles. The highest BCUT2D eigenvalue weighted by Gasteiger charge is 2.11. The number of rotatable bonds is 2. The number of anilines is 2. The summed E-state index contributed by atoms with van der Waals surface area (Å²) in [6.45, 7) is 0. The highest BCUT2D eigenvalue weighted by molar-refractivity contribution is 14.1. The fourth-order valence-corrected chi connectivity index (χ4v) is 2.10. The van der Waals surface area contributed by atoms with Crippen molar-refractivity contribution in [1.82, 2.24) is 4.98 Å². The summed E-state index contributed by atoms with van der Waals surface area (Å²) in [6.07, 6.45) is 1.37. The molecule has 1 heterocycles. The van der Waals surface area contributed by atoms with Gasteiger partial charge in [0.1, 0.15) is 5.15 Å². The van der Waals surface area contributed by atoms with Crippen molar-refractivity contribution in [3.63, 3.8) is 0 Å². The van der Waals surface area contributed by atoms with E-state index < -0.39 is 0 Å². The maximum atomic E-state index is 12.0. The second-order valence-corrected chi connectivity index (χ2v) is 5.19. The first-order chi connectivity index (χ1) is 8.56. The van der Waals surface area contributed by atoms with Gasteiger partial charge < -0.3 is 11.1 Å². The molecule has 0 saturated carbocycles. The Morgan fingerprint density at radius 1 is 1.39 bits per heavy atom. The number of aromatic nitrogens is 1. The Kier molecular flexibility index (Phi) is 4.03. The van der Waals surface area contributed by atoms with E-state index >= 15 is 0 Å². The topological polar surface area (TPSA) is 68.0 Å². The van der Waals surface area contributed by atoms with Gasteiger partial charge in [0.2, 0.25) is 0 Å². The Labute approximate surface area is 123 Å². The van der Waals surface area contributed by atoms with Gasteiger partial charge in [-0.05, 0) is 46.9 Å². The van der Waals surface area contributed by atoms with Crippen LogP contribution in [0.25, 0.3) is 0 Å². The summed E-state index contributed by atoms with van der Waals surface area (Å²) in [4.78, 5) is 15.8. The molecule has 0 fully saturated rings. The lowest BCUT2D eigenvalue weighted by Crippen LogP contribution is -2.14. The molecule has 0 radical (unpaired) electrons. The number of nitrogens with one attached hydrogen (secondary N) is 1. The lowest BCUT2D eigenvalue weighted by molar-refractivity contribution is 0.102. The summed E-state index contributed by atoms with van der Waals surface area (Å²) in [6, 6.07) is 8.91. The molecule has 1 aromatic carbocycles. The van der Waals surface area contributed by atoms with Crippen molar-refractivity contribution in [2.75, 3.05) is 11.1 Å². The molecule has 0 saturated heterocycles. The second-order valence-electron chi connectivity index (χ2n) is 3.56. The van der Waals surface area contributed by atoms with Gasteiger partial charge in [0.15, 0.2) is 0 Å². The van der Waals surface area contributed by atoms with E-state index in [0.29, 0.717) is 16.9 Å². The summed E-state index contributed by atoms with van der Waals surface area (Å²) in [5, 5.41) is 2.99. The van der Waals surface area contributed by atoms with E-state index in [0.717, 1.165) is 3.57 Å². The van der Waals surface area contributed by atoms with Gasteiger partial charge in [-0.15, -0.1) is 0 Å². The second kappa shape index (κ2) is 5.53. The number of halogens is 2.